The van der Waals surface area contributed by atoms with Crippen LogP contribution in [0.2, 0.25) is 0 Å². The Morgan fingerprint density at radius 1 is 1.54 bits per heavy atom. The topological polar surface area (TPSA) is 17.1 Å². The van der Waals surface area contributed by atoms with Gasteiger partial charge in [0, 0.05) is 6.42 Å². The molecule has 1 nitrogen and oxygen atoms in total. The minimum atomic E-state index is 0.348. The van der Waals surface area contributed by atoms with E-state index in [2.05, 4.69) is 13.5 Å². The van der Waals surface area contributed by atoms with Crippen molar-refractivity contribution in [3.05, 3.63) is 23.8 Å². The lowest BCUT2D eigenvalue weighted by Gasteiger charge is -2.06. The largest absolute Gasteiger partial charge is 0.295 e. The van der Waals surface area contributed by atoms with Gasteiger partial charge in [0.2, 0.25) is 0 Å². The first-order chi connectivity index (χ1) is 6.15. The van der Waals surface area contributed by atoms with Crippen LogP contribution in [0.5, 0.6) is 0 Å². The first-order valence-electron chi connectivity index (χ1n) is 4.99. The second-order valence-corrected chi connectivity index (χ2v) is 3.90. The number of allylic oxidation sites excluding steroid dienone is 3. The number of hydrogen-bond donors (Lipinski definition) is 0. The first kappa shape index (κ1) is 10.2. The van der Waals surface area contributed by atoms with Crippen LogP contribution >= 0.6 is 0 Å². The molecule has 0 aromatic rings. The van der Waals surface area contributed by atoms with Gasteiger partial charge in [-0.05, 0) is 37.7 Å². The Morgan fingerprint density at radius 2 is 2.23 bits per heavy atom. The molecular weight excluding hydrogens is 160 g/mol. The van der Waals surface area contributed by atoms with E-state index in [9.17, 15) is 4.79 Å². The highest BCUT2D eigenvalue weighted by atomic mass is 16.1. The van der Waals surface area contributed by atoms with E-state index in [4.69, 9.17) is 0 Å². The third-order valence-electron chi connectivity index (χ3n) is 2.91. The third-order valence-corrected chi connectivity index (χ3v) is 2.91. The van der Waals surface area contributed by atoms with Gasteiger partial charge in [-0.25, -0.2) is 0 Å². The Hall–Kier alpha value is -0.850. The van der Waals surface area contributed by atoms with E-state index < -0.39 is 0 Å². The van der Waals surface area contributed by atoms with Gasteiger partial charge in [-0.2, -0.15) is 0 Å². The van der Waals surface area contributed by atoms with Crippen molar-refractivity contribution in [2.75, 3.05) is 0 Å². The van der Waals surface area contributed by atoms with Crippen molar-refractivity contribution in [2.24, 2.45) is 5.92 Å². The Labute approximate surface area is 80.5 Å². The molecule has 0 spiro atoms. The predicted molar refractivity (Wildman–Crippen MR) is 55.5 cm³/mol. The number of hydrogen-bond acceptors (Lipinski definition) is 1. The highest BCUT2D eigenvalue weighted by molar-refractivity contribution is 5.98. The van der Waals surface area contributed by atoms with E-state index >= 15 is 0 Å². The molecular formula is C12H18O. The van der Waals surface area contributed by atoms with Crippen LogP contribution in [0.1, 0.15) is 39.5 Å². The zero-order valence-corrected chi connectivity index (χ0v) is 8.60. The lowest BCUT2D eigenvalue weighted by molar-refractivity contribution is -0.114. The van der Waals surface area contributed by atoms with Crippen LogP contribution in [0.4, 0.5) is 0 Å². The van der Waals surface area contributed by atoms with Gasteiger partial charge in [0.05, 0.1) is 0 Å². The fraction of sp³-hybridized carbons (Fsp3) is 0.583. The summed E-state index contributed by atoms with van der Waals surface area (Å²) < 4.78 is 0. The van der Waals surface area contributed by atoms with Crippen molar-refractivity contribution in [3.8, 4) is 0 Å². The number of carbonyl (C=O) groups excluding carboxylic acids is 1. The molecule has 0 radical (unpaired) electrons. The van der Waals surface area contributed by atoms with E-state index in [1.807, 2.05) is 13.0 Å². The van der Waals surface area contributed by atoms with Gasteiger partial charge in [0.1, 0.15) is 0 Å². The molecule has 0 aromatic carbocycles. The minimum Gasteiger partial charge on any atom is -0.295 e. The van der Waals surface area contributed by atoms with Crippen LogP contribution in [-0.2, 0) is 4.79 Å². The number of carbonyl (C=O) groups is 1. The van der Waals surface area contributed by atoms with Gasteiger partial charge in [-0.1, -0.05) is 18.6 Å². The van der Waals surface area contributed by atoms with Crippen LogP contribution in [0, 0.1) is 5.92 Å². The molecule has 0 bridgehead atoms. The Bertz CT molecular complexity index is 248. The van der Waals surface area contributed by atoms with E-state index in [-0.39, 0.29) is 0 Å². The van der Waals surface area contributed by atoms with Crippen molar-refractivity contribution in [1.82, 2.24) is 0 Å². The quantitative estimate of drug-likeness (QED) is 0.604. The normalized spacial score (nSPS) is 19.4. The highest BCUT2D eigenvalue weighted by Crippen LogP contribution is 2.27. The molecule has 1 heteroatoms. The number of ketones is 1. The molecule has 0 fully saturated rings. The van der Waals surface area contributed by atoms with Crippen molar-refractivity contribution in [2.45, 2.75) is 39.5 Å². The molecule has 1 aliphatic rings. The molecule has 13 heavy (non-hydrogen) atoms. The SMILES string of the molecule is C=CC(C)CCC1=C(C)C(=O)CC1. The Balaban J connectivity index is 2.46. The second kappa shape index (κ2) is 4.40. The smallest absolute Gasteiger partial charge is 0.158 e. The zero-order valence-electron chi connectivity index (χ0n) is 8.60. The highest BCUT2D eigenvalue weighted by Gasteiger charge is 2.18. The standard InChI is InChI=1S/C12H18O/c1-4-9(2)5-6-11-7-8-12(13)10(11)3/h4,9H,1,5-8H2,2-3H3. The van der Waals surface area contributed by atoms with Crippen molar-refractivity contribution in [1.29, 1.82) is 0 Å². The van der Waals surface area contributed by atoms with Gasteiger partial charge in [-0.15, -0.1) is 6.58 Å². The van der Waals surface area contributed by atoms with Gasteiger partial charge in [0.15, 0.2) is 5.78 Å². The molecule has 1 aliphatic carbocycles. The second-order valence-electron chi connectivity index (χ2n) is 3.90. The Kier molecular flexibility index (Phi) is 3.47. The maximum absolute atomic E-state index is 11.2. The summed E-state index contributed by atoms with van der Waals surface area (Å²) >= 11 is 0. The van der Waals surface area contributed by atoms with Crippen LogP contribution in [0.15, 0.2) is 23.8 Å². The van der Waals surface area contributed by atoms with E-state index in [0.717, 1.165) is 31.3 Å². The molecule has 0 saturated carbocycles. The summed E-state index contributed by atoms with van der Waals surface area (Å²) in [7, 11) is 0. The maximum Gasteiger partial charge on any atom is 0.158 e. The summed E-state index contributed by atoms with van der Waals surface area (Å²) in [6.45, 7) is 7.88. The molecule has 0 aromatic heterocycles. The lowest BCUT2D eigenvalue weighted by Crippen LogP contribution is -1.93. The van der Waals surface area contributed by atoms with Gasteiger partial charge < -0.3 is 0 Å². The minimum absolute atomic E-state index is 0.348. The summed E-state index contributed by atoms with van der Waals surface area (Å²) in [5.41, 5.74) is 2.40. The first-order valence-corrected chi connectivity index (χ1v) is 4.99. The molecule has 1 unspecified atom stereocenters. The summed E-state index contributed by atoms with van der Waals surface area (Å²) in [6.07, 6.45) is 5.92. The monoisotopic (exact) mass is 178 g/mol. The molecule has 0 heterocycles. The molecule has 0 N–H and O–H groups in total. The zero-order chi connectivity index (χ0) is 9.84. The van der Waals surface area contributed by atoms with E-state index in [1.54, 1.807) is 0 Å². The van der Waals surface area contributed by atoms with Gasteiger partial charge in [-0.3, -0.25) is 4.79 Å². The third kappa shape index (κ3) is 2.55. The van der Waals surface area contributed by atoms with Crippen LogP contribution in [0.25, 0.3) is 0 Å². The summed E-state index contributed by atoms with van der Waals surface area (Å²) in [5, 5.41) is 0. The van der Waals surface area contributed by atoms with Crippen molar-refractivity contribution >= 4 is 5.78 Å². The fourth-order valence-corrected chi connectivity index (χ4v) is 1.67. The van der Waals surface area contributed by atoms with E-state index in [1.165, 1.54) is 5.57 Å². The van der Waals surface area contributed by atoms with Crippen LogP contribution in [-0.4, -0.2) is 5.78 Å². The van der Waals surface area contributed by atoms with Gasteiger partial charge >= 0.3 is 0 Å². The van der Waals surface area contributed by atoms with Crippen molar-refractivity contribution < 1.29 is 4.79 Å². The molecule has 1 atom stereocenters. The lowest BCUT2D eigenvalue weighted by atomic mass is 9.99. The fourth-order valence-electron chi connectivity index (χ4n) is 1.67. The van der Waals surface area contributed by atoms with E-state index in [0.29, 0.717) is 11.7 Å². The average molecular weight is 178 g/mol. The average Bonchev–Trinajstić information content (AvgIpc) is 2.44. The molecule has 1 rings (SSSR count). The summed E-state index contributed by atoms with van der Waals surface area (Å²) in [5.74, 6) is 0.914. The number of rotatable bonds is 4. The molecule has 0 amide bonds. The molecule has 0 saturated heterocycles. The summed E-state index contributed by atoms with van der Waals surface area (Å²) in [6, 6.07) is 0. The predicted octanol–water partition coefficient (Wildman–Crippen LogP) is 3.27. The van der Waals surface area contributed by atoms with Crippen molar-refractivity contribution in [3.63, 3.8) is 0 Å². The molecule has 72 valence electrons. The molecule has 0 aliphatic heterocycles. The maximum atomic E-state index is 11.2. The Morgan fingerprint density at radius 3 is 2.69 bits per heavy atom. The number of Topliss-reactive ketones (excluding diaryl/α,β-unsaturated/α-hetero) is 1. The van der Waals surface area contributed by atoms with Crippen LogP contribution < -0.4 is 0 Å². The van der Waals surface area contributed by atoms with Crippen LogP contribution in [0.3, 0.4) is 0 Å². The van der Waals surface area contributed by atoms with Gasteiger partial charge in [0.25, 0.3) is 0 Å². The summed E-state index contributed by atoms with van der Waals surface area (Å²) in [4.78, 5) is 11.2.